The topological polar surface area (TPSA) is 0 Å². The Labute approximate surface area is 101 Å². The van der Waals surface area contributed by atoms with Gasteiger partial charge in [0, 0.05) is 5.56 Å². The molecule has 1 aromatic rings. The highest BCUT2D eigenvalue weighted by Crippen LogP contribution is 2.37. The maximum Gasteiger partial charge on any atom is 0.305 e. The van der Waals surface area contributed by atoms with Crippen molar-refractivity contribution < 1.29 is 8.78 Å². The van der Waals surface area contributed by atoms with Gasteiger partial charge in [0.2, 0.25) is 0 Å². The fourth-order valence-electron chi connectivity index (χ4n) is 1.93. The zero-order valence-corrected chi connectivity index (χ0v) is 10.2. The van der Waals surface area contributed by atoms with E-state index >= 15 is 0 Å². The minimum Gasteiger partial charge on any atom is -0.195 e. The minimum atomic E-state index is -3.15. The molecule has 0 aromatic heterocycles. The second kappa shape index (κ2) is 5.14. The molecule has 2 heteroatoms. The molecule has 0 saturated heterocycles. The molecule has 0 N–H and O–H groups in total. The molecule has 90 valence electrons. The van der Waals surface area contributed by atoms with Gasteiger partial charge in [-0.2, -0.15) is 8.78 Å². The van der Waals surface area contributed by atoms with Crippen molar-refractivity contribution >= 4 is 0 Å². The van der Waals surface area contributed by atoms with Crippen LogP contribution in [0.15, 0.2) is 30.4 Å². The van der Waals surface area contributed by atoms with E-state index in [1.807, 2.05) is 25.8 Å². The van der Waals surface area contributed by atoms with Crippen LogP contribution in [-0.2, 0) is 18.8 Å². The van der Waals surface area contributed by atoms with Gasteiger partial charge in [-0.1, -0.05) is 44.5 Å². The van der Waals surface area contributed by atoms with Crippen LogP contribution >= 0.6 is 0 Å². The van der Waals surface area contributed by atoms with Crippen molar-refractivity contribution in [3.8, 4) is 12.3 Å². The van der Waals surface area contributed by atoms with E-state index in [2.05, 4.69) is 6.58 Å². The van der Waals surface area contributed by atoms with Crippen LogP contribution in [-0.4, -0.2) is 0 Å². The summed E-state index contributed by atoms with van der Waals surface area (Å²) in [7, 11) is 0. The smallest absolute Gasteiger partial charge is 0.195 e. The third-order valence-electron chi connectivity index (χ3n) is 2.90. The number of terminal acetylenes is 1. The van der Waals surface area contributed by atoms with Crippen molar-refractivity contribution in [2.75, 3.05) is 0 Å². The SMILES string of the molecule is C#CC(=C)C(F)(F)c1cccc(CC)c1CC. The normalized spacial score (nSPS) is 11.0. The van der Waals surface area contributed by atoms with E-state index in [0.717, 1.165) is 12.0 Å². The van der Waals surface area contributed by atoms with Gasteiger partial charge >= 0.3 is 5.92 Å². The van der Waals surface area contributed by atoms with Crippen LogP contribution in [0.3, 0.4) is 0 Å². The number of rotatable bonds is 4. The molecule has 0 fully saturated rings. The lowest BCUT2D eigenvalue weighted by Crippen LogP contribution is -2.18. The van der Waals surface area contributed by atoms with Crippen molar-refractivity contribution in [2.24, 2.45) is 0 Å². The molecule has 0 aliphatic rings. The lowest BCUT2D eigenvalue weighted by atomic mass is 9.91. The van der Waals surface area contributed by atoms with Gasteiger partial charge in [0.05, 0.1) is 5.57 Å². The van der Waals surface area contributed by atoms with Crippen LogP contribution in [0.2, 0.25) is 0 Å². The van der Waals surface area contributed by atoms with Gasteiger partial charge in [0.25, 0.3) is 0 Å². The molecule has 17 heavy (non-hydrogen) atoms. The van der Waals surface area contributed by atoms with Gasteiger partial charge in [0.1, 0.15) is 0 Å². The van der Waals surface area contributed by atoms with Crippen LogP contribution in [0.1, 0.15) is 30.5 Å². The summed E-state index contributed by atoms with van der Waals surface area (Å²) < 4.78 is 28.1. The summed E-state index contributed by atoms with van der Waals surface area (Å²) in [5.41, 5.74) is 1.12. The predicted octanol–water partition coefficient (Wildman–Crippen LogP) is 4.09. The fraction of sp³-hybridized carbons (Fsp3) is 0.333. The van der Waals surface area contributed by atoms with Gasteiger partial charge in [-0.3, -0.25) is 0 Å². The standard InChI is InChI=1S/C15H16F2/c1-5-11(4)15(16,17)14-10-8-9-12(6-2)13(14)7-3/h1,8-10H,4,6-7H2,2-3H3. The number of allylic oxidation sites excluding steroid dienone is 1. The Morgan fingerprint density at radius 3 is 2.47 bits per heavy atom. The Hall–Kier alpha value is -1.62. The number of aryl methyl sites for hydroxylation is 1. The summed E-state index contributed by atoms with van der Waals surface area (Å²) in [6.07, 6.45) is 6.32. The van der Waals surface area contributed by atoms with Crippen LogP contribution < -0.4 is 0 Å². The molecular weight excluding hydrogens is 218 g/mol. The molecule has 0 amide bonds. The van der Waals surface area contributed by atoms with E-state index in [-0.39, 0.29) is 5.56 Å². The van der Waals surface area contributed by atoms with Gasteiger partial charge in [-0.15, -0.1) is 6.42 Å². The predicted molar refractivity (Wildman–Crippen MR) is 67.1 cm³/mol. The molecule has 0 unspecified atom stereocenters. The van der Waals surface area contributed by atoms with Crippen molar-refractivity contribution in [3.63, 3.8) is 0 Å². The van der Waals surface area contributed by atoms with Gasteiger partial charge in [0.15, 0.2) is 0 Å². The van der Waals surface area contributed by atoms with Gasteiger partial charge in [-0.25, -0.2) is 0 Å². The van der Waals surface area contributed by atoms with Crippen molar-refractivity contribution in [3.05, 3.63) is 47.0 Å². The third-order valence-corrected chi connectivity index (χ3v) is 2.90. The summed E-state index contributed by atoms with van der Waals surface area (Å²) in [5, 5.41) is 0. The van der Waals surface area contributed by atoms with Crippen LogP contribution in [0.25, 0.3) is 0 Å². The zero-order valence-electron chi connectivity index (χ0n) is 10.2. The van der Waals surface area contributed by atoms with E-state index in [1.165, 1.54) is 6.07 Å². The summed E-state index contributed by atoms with van der Waals surface area (Å²) in [6, 6.07) is 4.95. The average molecular weight is 234 g/mol. The second-order valence-corrected chi connectivity index (χ2v) is 3.85. The van der Waals surface area contributed by atoms with E-state index in [0.29, 0.717) is 12.0 Å². The molecule has 0 aliphatic heterocycles. The Bertz CT molecular complexity index is 464. The summed E-state index contributed by atoms with van der Waals surface area (Å²) in [4.78, 5) is 0. The third kappa shape index (κ3) is 2.39. The molecule has 0 heterocycles. The van der Waals surface area contributed by atoms with Crippen LogP contribution in [0, 0.1) is 12.3 Å². The molecule has 0 aliphatic carbocycles. The monoisotopic (exact) mass is 234 g/mol. The first-order valence-corrected chi connectivity index (χ1v) is 5.64. The number of hydrogen-bond donors (Lipinski definition) is 0. The van der Waals surface area contributed by atoms with Crippen LogP contribution in [0.4, 0.5) is 8.78 Å². The fourth-order valence-corrected chi connectivity index (χ4v) is 1.93. The molecule has 1 rings (SSSR count). The van der Waals surface area contributed by atoms with Crippen molar-refractivity contribution in [2.45, 2.75) is 32.6 Å². The molecule has 0 atom stereocenters. The van der Waals surface area contributed by atoms with E-state index in [4.69, 9.17) is 6.42 Å². The molecular formula is C15H16F2. The highest BCUT2D eigenvalue weighted by atomic mass is 19.3. The molecule has 0 nitrogen and oxygen atoms in total. The average Bonchev–Trinajstić information content (AvgIpc) is 2.36. The van der Waals surface area contributed by atoms with Crippen LogP contribution in [0.5, 0.6) is 0 Å². The first-order valence-electron chi connectivity index (χ1n) is 5.64. The highest BCUT2D eigenvalue weighted by Gasteiger charge is 2.36. The number of benzene rings is 1. The minimum absolute atomic E-state index is 0.0118. The van der Waals surface area contributed by atoms with Crippen molar-refractivity contribution in [1.29, 1.82) is 0 Å². The first-order chi connectivity index (χ1) is 7.98. The molecule has 0 bridgehead atoms. The summed E-state index contributed by atoms with van der Waals surface area (Å²) in [5.74, 6) is -1.20. The maximum atomic E-state index is 14.1. The van der Waals surface area contributed by atoms with Gasteiger partial charge in [-0.05, 0) is 24.0 Å². The summed E-state index contributed by atoms with van der Waals surface area (Å²) in [6.45, 7) is 7.08. The van der Waals surface area contributed by atoms with Gasteiger partial charge < -0.3 is 0 Å². The highest BCUT2D eigenvalue weighted by molar-refractivity contribution is 5.45. The number of alkyl halides is 2. The Morgan fingerprint density at radius 1 is 1.35 bits per heavy atom. The van der Waals surface area contributed by atoms with E-state index in [1.54, 1.807) is 6.07 Å². The molecule has 0 spiro atoms. The molecule has 0 saturated carbocycles. The maximum absolute atomic E-state index is 14.1. The Morgan fingerprint density at radius 2 is 2.00 bits per heavy atom. The number of halogens is 2. The lowest BCUT2D eigenvalue weighted by molar-refractivity contribution is 0.0428. The summed E-state index contributed by atoms with van der Waals surface area (Å²) >= 11 is 0. The largest absolute Gasteiger partial charge is 0.305 e. The molecule has 1 aromatic carbocycles. The second-order valence-electron chi connectivity index (χ2n) is 3.85. The lowest BCUT2D eigenvalue weighted by Gasteiger charge is -2.21. The number of hydrogen-bond acceptors (Lipinski definition) is 0. The Kier molecular flexibility index (Phi) is 4.07. The van der Waals surface area contributed by atoms with E-state index in [9.17, 15) is 8.78 Å². The van der Waals surface area contributed by atoms with Crippen molar-refractivity contribution in [1.82, 2.24) is 0 Å². The quantitative estimate of drug-likeness (QED) is 0.688. The zero-order chi connectivity index (χ0) is 13.1. The first kappa shape index (κ1) is 13.4. The molecule has 0 radical (unpaired) electrons. The Balaban J connectivity index is 3.41. The van der Waals surface area contributed by atoms with E-state index < -0.39 is 11.5 Å².